The second kappa shape index (κ2) is 6.08. The van der Waals surface area contributed by atoms with Gasteiger partial charge in [0.1, 0.15) is 12.4 Å². The van der Waals surface area contributed by atoms with E-state index >= 15 is 0 Å². The van der Waals surface area contributed by atoms with Gasteiger partial charge in [-0.3, -0.25) is 4.79 Å². The van der Waals surface area contributed by atoms with E-state index in [2.05, 4.69) is 0 Å². The van der Waals surface area contributed by atoms with Crippen molar-refractivity contribution in [3.05, 3.63) is 35.9 Å². The molecule has 0 aliphatic rings. The topological polar surface area (TPSA) is 63.6 Å². The third-order valence-electron chi connectivity index (χ3n) is 1.51. The maximum atomic E-state index is 11.0. The largest absolute Gasteiger partial charge is 0.481 e. The third kappa shape index (κ3) is 5.07. The van der Waals surface area contributed by atoms with Gasteiger partial charge in [0.05, 0.1) is 0 Å². The molecule has 4 nitrogen and oxygen atoms in total. The van der Waals surface area contributed by atoms with Crippen molar-refractivity contribution < 1.29 is 19.4 Å². The summed E-state index contributed by atoms with van der Waals surface area (Å²) in [5, 5.41) is 7.75. The summed E-state index contributed by atoms with van der Waals surface area (Å²) in [7, 11) is 0. The molecular weight excluding hydrogens is 216 g/mol. The first kappa shape index (κ1) is 11.6. The molecule has 0 aliphatic carbocycles. The highest BCUT2D eigenvalue weighted by atomic mass is 32.2. The maximum absolute atomic E-state index is 11.0. The van der Waals surface area contributed by atoms with Gasteiger partial charge in [0, 0.05) is 0 Å². The van der Waals surface area contributed by atoms with E-state index < -0.39 is 11.3 Å². The van der Waals surface area contributed by atoms with Gasteiger partial charge in [-0.05, 0) is 17.3 Å². The van der Waals surface area contributed by atoms with Crippen molar-refractivity contribution in [2.24, 2.45) is 0 Å². The van der Waals surface area contributed by atoms with Gasteiger partial charge in [0.15, 0.2) is 0 Å². The summed E-state index contributed by atoms with van der Waals surface area (Å²) in [6, 6.07) is 9.20. The lowest BCUT2D eigenvalue weighted by atomic mass is 10.2. The van der Waals surface area contributed by atoms with Crippen LogP contribution in [0.4, 0.5) is 4.79 Å². The number of carboxylic acid groups (broad SMARTS) is 1. The number of rotatable bonds is 4. The fourth-order valence-corrected chi connectivity index (χ4v) is 1.26. The Bertz CT molecular complexity index is 337. The van der Waals surface area contributed by atoms with Crippen LogP contribution in [0.5, 0.6) is 0 Å². The number of hydrogen-bond donors (Lipinski definition) is 1. The van der Waals surface area contributed by atoms with E-state index in [9.17, 15) is 9.59 Å². The van der Waals surface area contributed by atoms with E-state index in [1.165, 1.54) is 0 Å². The summed E-state index contributed by atoms with van der Waals surface area (Å²) in [6.07, 6.45) is 0. The molecule has 0 amide bonds. The lowest BCUT2D eigenvalue weighted by Crippen LogP contribution is -2.04. The lowest BCUT2D eigenvalue weighted by Gasteiger charge is -2.02. The third-order valence-corrected chi connectivity index (χ3v) is 2.26. The molecule has 0 saturated heterocycles. The minimum Gasteiger partial charge on any atom is -0.481 e. The molecule has 0 atom stereocenters. The second-order valence-corrected chi connectivity index (χ2v) is 3.62. The number of carbonyl (C=O) groups excluding carboxylic acids is 1. The minimum atomic E-state index is -1.03. The Morgan fingerprint density at radius 3 is 2.53 bits per heavy atom. The molecule has 0 bridgehead atoms. The predicted molar refractivity (Wildman–Crippen MR) is 56.7 cm³/mol. The Kier molecular flexibility index (Phi) is 4.70. The number of thioether (sulfide) groups is 1. The van der Waals surface area contributed by atoms with Crippen molar-refractivity contribution in [1.82, 2.24) is 0 Å². The summed E-state index contributed by atoms with van der Waals surface area (Å²) in [4.78, 5) is 21.1. The normalized spacial score (nSPS) is 9.60. The van der Waals surface area contributed by atoms with Crippen molar-refractivity contribution in [2.45, 2.75) is 6.61 Å². The first-order valence-electron chi connectivity index (χ1n) is 4.24. The molecule has 1 aromatic carbocycles. The van der Waals surface area contributed by atoms with Crippen LogP contribution >= 0.6 is 11.8 Å². The summed E-state index contributed by atoms with van der Waals surface area (Å²) >= 11 is 0.643. The molecule has 0 heterocycles. The van der Waals surface area contributed by atoms with Crippen LogP contribution < -0.4 is 0 Å². The molecule has 0 spiro atoms. The Labute approximate surface area is 91.2 Å². The molecule has 0 aromatic heterocycles. The number of aliphatic carboxylic acids is 1. The van der Waals surface area contributed by atoms with E-state index in [1.807, 2.05) is 30.3 Å². The molecule has 0 radical (unpaired) electrons. The van der Waals surface area contributed by atoms with Crippen LogP contribution in [0.25, 0.3) is 0 Å². The fraction of sp³-hybridized carbons (Fsp3) is 0.200. The molecule has 5 heteroatoms. The highest BCUT2D eigenvalue weighted by Gasteiger charge is 2.07. The number of carbonyl (C=O) groups is 2. The number of ether oxygens (including phenoxy) is 1. The van der Waals surface area contributed by atoms with E-state index in [0.717, 1.165) is 5.56 Å². The van der Waals surface area contributed by atoms with Gasteiger partial charge in [0.25, 0.3) is 0 Å². The monoisotopic (exact) mass is 226 g/mol. The average Bonchev–Trinajstić information content (AvgIpc) is 2.25. The first-order chi connectivity index (χ1) is 7.18. The molecule has 0 saturated carbocycles. The van der Waals surface area contributed by atoms with Gasteiger partial charge in [0.2, 0.25) is 0 Å². The fourth-order valence-electron chi connectivity index (χ4n) is 0.879. The SMILES string of the molecule is O=C(O)CSC(=O)OCc1ccccc1. The van der Waals surface area contributed by atoms with Crippen LogP contribution in [0.2, 0.25) is 0 Å². The Balaban J connectivity index is 2.26. The number of hydrogen-bond acceptors (Lipinski definition) is 4. The summed E-state index contributed by atoms with van der Waals surface area (Å²) in [6.45, 7) is 0.173. The smallest absolute Gasteiger partial charge is 0.368 e. The van der Waals surface area contributed by atoms with Gasteiger partial charge in [-0.25, -0.2) is 4.79 Å². The minimum absolute atomic E-state index is 0.173. The van der Waals surface area contributed by atoms with Crippen LogP contribution in [0.3, 0.4) is 0 Å². The molecule has 1 aromatic rings. The van der Waals surface area contributed by atoms with Crippen molar-refractivity contribution in [3.63, 3.8) is 0 Å². The van der Waals surface area contributed by atoms with E-state index in [4.69, 9.17) is 9.84 Å². The molecule has 0 fully saturated rings. The Morgan fingerprint density at radius 2 is 1.93 bits per heavy atom. The van der Waals surface area contributed by atoms with E-state index in [0.29, 0.717) is 11.8 Å². The van der Waals surface area contributed by atoms with Crippen molar-refractivity contribution in [1.29, 1.82) is 0 Å². The second-order valence-electron chi connectivity index (χ2n) is 2.71. The highest BCUT2D eigenvalue weighted by Crippen LogP contribution is 2.08. The maximum Gasteiger partial charge on any atom is 0.368 e. The number of carboxylic acids is 1. The van der Waals surface area contributed by atoms with Crippen LogP contribution in [-0.2, 0) is 16.1 Å². The zero-order valence-corrected chi connectivity index (χ0v) is 8.70. The average molecular weight is 226 g/mol. The molecule has 80 valence electrons. The van der Waals surface area contributed by atoms with Gasteiger partial charge < -0.3 is 9.84 Å². The quantitative estimate of drug-likeness (QED) is 0.797. The zero-order valence-electron chi connectivity index (χ0n) is 7.88. The summed E-state index contributed by atoms with van der Waals surface area (Å²) in [5.41, 5.74) is 0.877. The Hall–Kier alpha value is -1.49. The van der Waals surface area contributed by atoms with Gasteiger partial charge >= 0.3 is 11.3 Å². The van der Waals surface area contributed by atoms with Gasteiger partial charge in [-0.1, -0.05) is 30.3 Å². The lowest BCUT2D eigenvalue weighted by molar-refractivity contribution is -0.133. The van der Waals surface area contributed by atoms with Gasteiger partial charge in [-0.2, -0.15) is 0 Å². The van der Waals surface area contributed by atoms with Crippen molar-refractivity contribution in [3.8, 4) is 0 Å². The van der Waals surface area contributed by atoms with Crippen LogP contribution in [0.1, 0.15) is 5.56 Å². The zero-order chi connectivity index (χ0) is 11.1. The molecule has 1 rings (SSSR count). The van der Waals surface area contributed by atoms with Crippen molar-refractivity contribution in [2.75, 3.05) is 5.75 Å². The molecular formula is C10H10O4S. The summed E-state index contributed by atoms with van der Waals surface area (Å²) < 4.78 is 4.84. The molecule has 1 N–H and O–H groups in total. The van der Waals surface area contributed by atoms with Gasteiger partial charge in [-0.15, -0.1) is 0 Å². The predicted octanol–water partition coefficient (Wildman–Crippen LogP) is 2.14. The van der Waals surface area contributed by atoms with E-state index in [-0.39, 0.29) is 12.4 Å². The first-order valence-corrected chi connectivity index (χ1v) is 5.22. The van der Waals surface area contributed by atoms with Crippen molar-refractivity contribution >= 4 is 23.0 Å². The summed E-state index contributed by atoms with van der Waals surface area (Å²) in [5.74, 6) is -1.30. The Morgan fingerprint density at radius 1 is 1.27 bits per heavy atom. The van der Waals surface area contributed by atoms with E-state index in [1.54, 1.807) is 0 Å². The van der Waals surface area contributed by atoms with Crippen LogP contribution in [0, 0.1) is 0 Å². The molecule has 0 aliphatic heterocycles. The molecule has 0 unspecified atom stereocenters. The standard InChI is InChI=1S/C10H10O4S/c11-9(12)7-15-10(13)14-6-8-4-2-1-3-5-8/h1-5H,6-7H2,(H,11,12). The highest BCUT2D eigenvalue weighted by molar-refractivity contribution is 8.13. The van der Waals surface area contributed by atoms with Crippen LogP contribution in [0.15, 0.2) is 30.3 Å². The van der Waals surface area contributed by atoms with Crippen LogP contribution in [-0.4, -0.2) is 22.1 Å². The molecule has 15 heavy (non-hydrogen) atoms. The number of benzene rings is 1.